The maximum absolute atomic E-state index is 12.0. The van der Waals surface area contributed by atoms with Crippen molar-refractivity contribution in [2.75, 3.05) is 13.2 Å². The lowest BCUT2D eigenvalue weighted by molar-refractivity contribution is -0.161. The van der Waals surface area contributed by atoms with Crippen LogP contribution in [0.5, 0.6) is 0 Å². The van der Waals surface area contributed by atoms with E-state index in [0.717, 1.165) is 64.2 Å². The maximum Gasteiger partial charge on any atom is 0.306 e. The molecule has 0 aliphatic heterocycles. The first-order valence-electron chi connectivity index (χ1n) is 13.5. The van der Waals surface area contributed by atoms with Crippen LogP contribution in [-0.4, -0.2) is 36.4 Å². The number of allylic oxidation sites excluding steroid dienone is 12. The number of unbranched alkanes of at least 4 members (excludes halogenated alkanes) is 5. The SMILES string of the molecule is CC/C=C/C=C/C=C/C=C/CCCCCC(=O)OCC(CO)OC(=O)CCCC/C=C/C/C=C/CC. The zero-order valence-electron chi connectivity index (χ0n) is 22.5. The van der Waals surface area contributed by atoms with Crippen molar-refractivity contribution in [2.45, 2.75) is 97.0 Å². The van der Waals surface area contributed by atoms with Crippen LogP contribution in [0.25, 0.3) is 0 Å². The molecule has 0 aromatic heterocycles. The second-order valence-electron chi connectivity index (χ2n) is 8.44. The molecule has 0 rings (SSSR count). The van der Waals surface area contributed by atoms with Gasteiger partial charge in [0.05, 0.1) is 6.61 Å². The van der Waals surface area contributed by atoms with Gasteiger partial charge in [0.15, 0.2) is 6.10 Å². The minimum atomic E-state index is -0.803. The molecule has 0 aliphatic rings. The predicted molar refractivity (Wildman–Crippen MR) is 150 cm³/mol. The van der Waals surface area contributed by atoms with Gasteiger partial charge in [0.1, 0.15) is 6.61 Å². The quantitative estimate of drug-likeness (QED) is 0.0721. The minimum Gasteiger partial charge on any atom is -0.462 e. The Morgan fingerprint density at radius 1 is 0.667 bits per heavy atom. The number of carbonyl (C=O) groups excluding carboxylic acids is 2. The fourth-order valence-corrected chi connectivity index (χ4v) is 3.07. The van der Waals surface area contributed by atoms with Crippen molar-refractivity contribution in [1.82, 2.24) is 0 Å². The summed E-state index contributed by atoms with van der Waals surface area (Å²) < 4.78 is 10.4. The normalized spacial score (nSPS) is 13.3. The van der Waals surface area contributed by atoms with Gasteiger partial charge in [-0.1, -0.05) is 93.2 Å². The van der Waals surface area contributed by atoms with Crippen molar-refractivity contribution in [3.63, 3.8) is 0 Å². The number of hydrogen-bond donors (Lipinski definition) is 1. The molecule has 0 amide bonds. The summed E-state index contributed by atoms with van der Waals surface area (Å²) >= 11 is 0. The molecule has 36 heavy (non-hydrogen) atoms. The summed E-state index contributed by atoms with van der Waals surface area (Å²) in [5.74, 6) is -0.695. The van der Waals surface area contributed by atoms with Crippen molar-refractivity contribution in [3.8, 4) is 0 Å². The van der Waals surface area contributed by atoms with E-state index in [2.05, 4.69) is 50.3 Å². The van der Waals surface area contributed by atoms with Crippen molar-refractivity contribution in [1.29, 1.82) is 0 Å². The van der Waals surface area contributed by atoms with Gasteiger partial charge in [-0.15, -0.1) is 0 Å². The van der Waals surface area contributed by atoms with Crippen LogP contribution in [0.2, 0.25) is 0 Å². The van der Waals surface area contributed by atoms with Crippen LogP contribution in [-0.2, 0) is 19.1 Å². The van der Waals surface area contributed by atoms with Crippen molar-refractivity contribution in [2.24, 2.45) is 0 Å². The Labute approximate surface area is 219 Å². The fraction of sp³-hybridized carbons (Fsp3) is 0.548. The molecule has 0 fully saturated rings. The number of ether oxygens (including phenoxy) is 2. The molecule has 0 radical (unpaired) electrons. The molecule has 1 unspecified atom stereocenters. The molecule has 0 heterocycles. The molecule has 0 aromatic rings. The number of rotatable bonds is 22. The Kier molecular flexibility index (Phi) is 24.9. The van der Waals surface area contributed by atoms with Crippen LogP contribution in [0, 0.1) is 0 Å². The summed E-state index contributed by atoms with van der Waals surface area (Å²) in [5.41, 5.74) is 0. The smallest absolute Gasteiger partial charge is 0.306 e. The van der Waals surface area contributed by atoms with Crippen LogP contribution >= 0.6 is 0 Å². The Balaban J connectivity index is 3.80. The van der Waals surface area contributed by atoms with Gasteiger partial charge in [-0.05, 0) is 57.8 Å². The molecule has 0 spiro atoms. The van der Waals surface area contributed by atoms with Crippen LogP contribution in [0.4, 0.5) is 0 Å². The highest BCUT2D eigenvalue weighted by molar-refractivity contribution is 5.70. The predicted octanol–water partition coefficient (Wildman–Crippen LogP) is 7.49. The van der Waals surface area contributed by atoms with E-state index in [0.29, 0.717) is 12.8 Å². The second kappa shape index (κ2) is 26.9. The van der Waals surface area contributed by atoms with E-state index in [1.54, 1.807) is 0 Å². The van der Waals surface area contributed by atoms with Gasteiger partial charge in [-0.2, -0.15) is 0 Å². The molecule has 5 heteroatoms. The zero-order chi connectivity index (χ0) is 26.5. The first kappa shape index (κ1) is 33.3. The van der Waals surface area contributed by atoms with E-state index in [4.69, 9.17) is 9.47 Å². The number of hydrogen-bond acceptors (Lipinski definition) is 5. The van der Waals surface area contributed by atoms with E-state index in [1.807, 2.05) is 36.5 Å². The molecule has 1 atom stereocenters. The largest absolute Gasteiger partial charge is 0.462 e. The van der Waals surface area contributed by atoms with E-state index in [9.17, 15) is 14.7 Å². The number of aliphatic hydroxyl groups is 1. The van der Waals surface area contributed by atoms with Crippen LogP contribution < -0.4 is 0 Å². The van der Waals surface area contributed by atoms with Gasteiger partial charge in [0, 0.05) is 12.8 Å². The summed E-state index contributed by atoms with van der Waals surface area (Å²) in [4.78, 5) is 23.9. The molecule has 0 aromatic carbocycles. The second-order valence-corrected chi connectivity index (χ2v) is 8.44. The minimum absolute atomic E-state index is 0.104. The van der Waals surface area contributed by atoms with Crippen molar-refractivity contribution >= 4 is 11.9 Å². The van der Waals surface area contributed by atoms with Gasteiger partial charge < -0.3 is 14.6 Å². The number of carbonyl (C=O) groups is 2. The average molecular weight is 501 g/mol. The van der Waals surface area contributed by atoms with Gasteiger partial charge in [-0.25, -0.2) is 0 Å². The summed E-state index contributed by atoms with van der Waals surface area (Å²) in [5, 5.41) is 9.42. The van der Waals surface area contributed by atoms with E-state index in [1.165, 1.54) is 0 Å². The van der Waals surface area contributed by atoms with Gasteiger partial charge >= 0.3 is 11.9 Å². The van der Waals surface area contributed by atoms with Crippen LogP contribution in [0.1, 0.15) is 90.9 Å². The Morgan fingerprint density at radius 2 is 1.25 bits per heavy atom. The Bertz CT molecular complexity index is 712. The first-order chi connectivity index (χ1) is 17.6. The monoisotopic (exact) mass is 500 g/mol. The Morgan fingerprint density at radius 3 is 1.97 bits per heavy atom. The van der Waals surface area contributed by atoms with E-state index in [-0.39, 0.29) is 25.2 Å². The summed E-state index contributed by atoms with van der Waals surface area (Å²) in [6.45, 7) is 3.75. The highest BCUT2D eigenvalue weighted by Crippen LogP contribution is 2.07. The lowest BCUT2D eigenvalue weighted by Gasteiger charge is -2.15. The van der Waals surface area contributed by atoms with Gasteiger partial charge in [-0.3, -0.25) is 9.59 Å². The highest BCUT2D eigenvalue weighted by Gasteiger charge is 2.15. The van der Waals surface area contributed by atoms with Crippen molar-refractivity contribution in [3.05, 3.63) is 72.9 Å². The topological polar surface area (TPSA) is 72.8 Å². The fourth-order valence-electron chi connectivity index (χ4n) is 3.07. The third-order valence-corrected chi connectivity index (χ3v) is 5.09. The van der Waals surface area contributed by atoms with E-state index < -0.39 is 6.10 Å². The third-order valence-electron chi connectivity index (χ3n) is 5.09. The molecular formula is C31H48O5. The van der Waals surface area contributed by atoms with E-state index >= 15 is 0 Å². The first-order valence-corrected chi connectivity index (χ1v) is 13.5. The lowest BCUT2D eigenvalue weighted by Crippen LogP contribution is -2.28. The molecule has 0 saturated heterocycles. The van der Waals surface area contributed by atoms with Crippen molar-refractivity contribution < 1.29 is 24.2 Å². The number of esters is 2. The van der Waals surface area contributed by atoms with Gasteiger partial charge in [0.2, 0.25) is 0 Å². The van der Waals surface area contributed by atoms with Crippen LogP contribution in [0.3, 0.4) is 0 Å². The zero-order valence-corrected chi connectivity index (χ0v) is 22.5. The summed E-state index contributed by atoms with van der Waals surface area (Å²) in [6, 6.07) is 0. The molecule has 0 saturated carbocycles. The lowest BCUT2D eigenvalue weighted by atomic mass is 10.1. The van der Waals surface area contributed by atoms with Crippen LogP contribution in [0.15, 0.2) is 72.9 Å². The number of aliphatic hydroxyl groups excluding tert-OH is 1. The molecule has 0 aliphatic carbocycles. The molecular weight excluding hydrogens is 452 g/mol. The highest BCUT2D eigenvalue weighted by atomic mass is 16.6. The summed E-state index contributed by atoms with van der Waals surface area (Å²) in [6.07, 6.45) is 33.9. The molecule has 202 valence electrons. The standard InChI is InChI=1S/C31H48O5/c1-3-5-7-9-11-13-14-15-16-18-19-21-23-25-30(33)35-28-29(27-32)36-31(34)26-24-22-20-17-12-10-8-6-4-2/h5-9,11-17,29,32H,3-4,10,18-28H2,1-2H3/b7-5+,8-6+,11-9+,14-13+,16-15+,17-12+. The van der Waals surface area contributed by atoms with Gasteiger partial charge in [0.25, 0.3) is 0 Å². The molecule has 1 N–H and O–H groups in total. The molecule has 5 nitrogen and oxygen atoms in total. The summed E-state index contributed by atoms with van der Waals surface area (Å²) in [7, 11) is 0. The molecule has 0 bridgehead atoms. The Hall–Kier alpha value is -2.66. The average Bonchev–Trinajstić information content (AvgIpc) is 2.88. The third kappa shape index (κ3) is 24.5. The maximum atomic E-state index is 12.0.